The van der Waals surface area contributed by atoms with E-state index in [0.717, 1.165) is 0 Å². The Bertz CT molecular complexity index is 392. The van der Waals surface area contributed by atoms with Gasteiger partial charge < -0.3 is 30.3 Å². The fraction of sp³-hybridized carbons (Fsp3) is 0.917. The Morgan fingerprint density at radius 1 is 1.15 bits per heavy atom. The van der Waals surface area contributed by atoms with Gasteiger partial charge in [-0.1, -0.05) is 33.9 Å². The fourth-order valence-corrected chi connectivity index (χ4v) is 4.59. The first kappa shape index (κ1) is 17.5. The summed E-state index contributed by atoms with van der Waals surface area (Å²) >= 11 is 0. The third kappa shape index (κ3) is 2.40. The Labute approximate surface area is 118 Å². The molecule has 0 aromatic carbocycles. The highest BCUT2D eigenvalue weighted by atomic mass is 28.3. The monoisotopic (exact) mass is 308 g/mol. The average molecular weight is 308 g/mol. The number of carboxylic acids is 1. The maximum atomic E-state index is 11.1. The highest BCUT2D eigenvalue weighted by molar-refractivity contribution is 6.82. The van der Waals surface area contributed by atoms with Crippen LogP contribution in [0.15, 0.2) is 0 Å². The van der Waals surface area contributed by atoms with E-state index in [-0.39, 0.29) is 0 Å². The molecule has 0 saturated carbocycles. The summed E-state index contributed by atoms with van der Waals surface area (Å²) in [6, 6.07) is 0. The zero-order valence-electron chi connectivity index (χ0n) is 12.4. The van der Waals surface area contributed by atoms with E-state index >= 15 is 0 Å². The molecular weight excluding hydrogens is 284 g/mol. The molecular formula is C12H24O7Si. The van der Waals surface area contributed by atoms with Crippen molar-refractivity contribution in [3.8, 4) is 0 Å². The van der Waals surface area contributed by atoms with Crippen molar-refractivity contribution in [1.29, 1.82) is 0 Å². The normalized spacial score (nSPS) is 39.6. The number of aliphatic hydroxyl groups excluding tert-OH is 3. The SMILES string of the molecule is CC(C)(C)[Si](C)(C)[C@@]1(O)O[C@H](C(=O)O)[C@@H](O)[C@H](O)[C@H]1O. The van der Waals surface area contributed by atoms with E-state index < -0.39 is 48.9 Å². The van der Waals surface area contributed by atoms with E-state index in [9.17, 15) is 25.2 Å². The van der Waals surface area contributed by atoms with Crippen LogP contribution in [0.4, 0.5) is 0 Å². The lowest BCUT2D eigenvalue weighted by Crippen LogP contribution is -2.76. The molecule has 8 heteroatoms. The van der Waals surface area contributed by atoms with Crippen LogP contribution in [-0.2, 0) is 9.53 Å². The van der Waals surface area contributed by atoms with Crippen LogP contribution in [-0.4, -0.2) is 69.4 Å². The lowest BCUT2D eigenvalue weighted by molar-refractivity contribution is -0.308. The predicted octanol–water partition coefficient (Wildman–Crippen LogP) is -0.711. The Morgan fingerprint density at radius 2 is 1.60 bits per heavy atom. The van der Waals surface area contributed by atoms with Crippen LogP contribution in [0.25, 0.3) is 0 Å². The van der Waals surface area contributed by atoms with Gasteiger partial charge in [0.1, 0.15) is 26.4 Å². The Balaban J connectivity index is 3.31. The van der Waals surface area contributed by atoms with Crippen molar-refractivity contribution in [3.63, 3.8) is 0 Å². The number of rotatable bonds is 2. The second kappa shape index (κ2) is 5.04. The number of hydrogen-bond donors (Lipinski definition) is 5. The van der Waals surface area contributed by atoms with Gasteiger partial charge in [0.15, 0.2) is 11.5 Å². The lowest BCUT2D eigenvalue weighted by Gasteiger charge is -2.55. The second-order valence-electron chi connectivity index (χ2n) is 6.87. The maximum absolute atomic E-state index is 11.1. The first-order valence-electron chi connectivity index (χ1n) is 6.44. The predicted molar refractivity (Wildman–Crippen MR) is 72.7 cm³/mol. The van der Waals surface area contributed by atoms with Crippen LogP contribution in [0, 0.1) is 0 Å². The van der Waals surface area contributed by atoms with Gasteiger partial charge in [-0.15, -0.1) is 0 Å². The molecule has 20 heavy (non-hydrogen) atoms. The van der Waals surface area contributed by atoms with Gasteiger partial charge in [-0.2, -0.15) is 0 Å². The van der Waals surface area contributed by atoms with E-state index in [1.54, 1.807) is 13.1 Å². The first-order chi connectivity index (χ1) is 8.77. The van der Waals surface area contributed by atoms with Crippen molar-refractivity contribution in [3.05, 3.63) is 0 Å². The Hall–Kier alpha value is -0.513. The van der Waals surface area contributed by atoms with Crippen molar-refractivity contribution in [1.82, 2.24) is 0 Å². The Kier molecular flexibility index (Phi) is 4.42. The summed E-state index contributed by atoms with van der Waals surface area (Å²) in [5, 5.41) is 49.0. The third-order valence-electron chi connectivity index (χ3n) is 4.71. The van der Waals surface area contributed by atoms with E-state index in [2.05, 4.69) is 0 Å². The molecule has 0 unspecified atom stereocenters. The van der Waals surface area contributed by atoms with Gasteiger partial charge in [0.2, 0.25) is 0 Å². The molecule has 1 aliphatic rings. The molecule has 0 aromatic heterocycles. The minimum absolute atomic E-state index is 0.437. The summed E-state index contributed by atoms with van der Waals surface area (Å²) in [5.41, 5.74) is -2.17. The molecule has 1 rings (SSSR count). The standard InChI is InChI=1S/C12H24O7Si/c1-11(2,3)20(4,5)12(18)9(15)7(14)6(13)8(19-12)10(16)17/h6-9,13-15,18H,1-5H3,(H,16,17)/t6-,7-,8-,9+,12-/m0/s1. The number of aliphatic hydroxyl groups is 4. The molecule has 0 amide bonds. The number of carbonyl (C=O) groups is 1. The molecule has 1 aliphatic heterocycles. The van der Waals surface area contributed by atoms with E-state index in [0.29, 0.717) is 0 Å². The van der Waals surface area contributed by atoms with Crippen molar-refractivity contribution in [2.45, 2.75) is 68.7 Å². The summed E-state index contributed by atoms with van der Waals surface area (Å²) < 4.78 is 5.18. The molecule has 118 valence electrons. The second-order valence-corrected chi connectivity index (χ2v) is 12.3. The van der Waals surface area contributed by atoms with Gasteiger partial charge in [0.05, 0.1) is 0 Å². The highest BCUT2D eigenvalue weighted by Crippen LogP contribution is 2.47. The van der Waals surface area contributed by atoms with Gasteiger partial charge in [0.25, 0.3) is 0 Å². The quantitative estimate of drug-likeness (QED) is 0.426. The summed E-state index contributed by atoms with van der Waals surface area (Å²) in [4.78, 5) is 11.1. The lowest BCUT2D eigenvalue weighted by atomic mass is 9.99. The molecule has 5 N–H and O–H groups in total. The van der Waals surface area contributed by atoms with Gasteiger partial charge in [-0.3, -0.25) is 0 Å². The first-order valence-corrected chi connectivity index (χ1v) is 9.44. The number of carboxylic acid groups (broad SMARTS) is 1. The summed E-state index contributed by atoms with van der Waals surface area (Å²) in [7, 11) is -2.80. The molecule has 0 aromatic rings. The average Bonchev–Trinajstić information content (AvgIpc) is 2.29. The van der Waals surface area contributed by atoms with Gasteiger partial charge in [-0.05, 0) is 5.04 Å². The van der Waals surface area contributed by atoms with Crippen molar-refractivity contribution < 1.29 is 35.1 Å². The summed E-state index contributed by atoms with van der Waals surface area (Å²) in [6.07, 6.45) is -7.14. The smallest absolute Gasteiger partial charge is 0.335 e. The molecule has 0 radical (unpaired) electrons. The molecule has 1 saturated heterocycles. The van der Waals surface area contributed by atoms with Crippen molar-refractivity contribution >= 4 is 14.0 Å². The third-order valence-corrected chi connectivity index (χ3v) is 10.7. The molecule has 1 fully saturated rings. The number of aliphatic carboxylic acids is 1. The summed E-state index contributed by atoms with van der Waals surface area (Å²) in [6.45, 7) is 9.01. The fourth-order valence-electron chi connectivity index (χ4n) is 2.18. The molecule has 0 spiro atoms. The molecule has 1 heterocycles. The van der Waals surface area contributed by atoms with Crippen LogP contribution >= 0.6 is 0 Å². The largest absolute Gasteiger partial charge is 0.479 e. The summed E-state index contributed by atoms with van der Waals surface area (Å²) in [5.74, 6) is -1.50. The van der Waals surface area contributed by atoms with Gasteiger partial charge in [-0.25, -0.2) is 4.79 Å². The van der Waals surface area contributed by atoms with Crippen LogP contribution in [0.2, 0.25) is 18.1 Å². The Morgan fingerprint density at radius 3 is 1.95 bits per heavy atom. The molecule has 5 atom stereocenters. The van der Waals surface area contributed by atoms with Crippen molar-refractivity contribution in [2.24, 2.45) is 0 Å². The topological polar surface area (TPSA) is 127 Å². The zero-order chi connectivity index (χ0) is 16.1. The van der Waals surface area contributed by atoms with Crippen LogP contribution in [0.3, 0.4) is 0 Å². The zero-order valence-corrected chi connectivity index (χ0v) is 13.4. The van der Waals surface area contributed by atoms with Gasteiger partial charge >= 0.3 is 5.97 Å². The van der Waals surface area contributed by atoms with Crippen LogP contribution in [0.1, 0.15) is 20.8 Å². The van der Waals surface area contributed by atoms with E-state index in [4.69, 9.17) is 9.84 Å². The minimum atomic E-state index is -2.80. The molecule has 7 nitrogen and oxygen atoms in total. The number of hydrogen-bond acceptors (Lipinski definition) is 6. The van der Waals surface area contributed by atoms with Gasteiger partial charge in [0, 0.05) is 0 Å². The number of ether oxygens (including phenoxy) is 1. The van der Waals surface area contributed by atoms with E-state index in [1.165, 1.54) is 0 Å². The highest BCUT2D eigenvalue weighted by Gasteiger charge is 2.65. The van der Waals surface area contributed by atoms with Crippen LogP contribution in [0.5, 0.6) is 0 Å². The molecule has 0 aliphatic carbocycles. The van der Waals surface area contributed by atoms with Crippen molar-refractivity contribution in [2.75, 3.05) is 0 Å². The van der Waals surface area contributed by atoms with Crippen LogP contribution < -0.4 is 0 Å². The minimum Gasteiger partial charge on any atom is -0.479 e. The molecule has 0 bridgehead atoms. The maximum Gasteiger partial charge on any atom is 0.335 e. The van der Waals surface area contributed by atoms with E-state index in [1.807, 2.05) is 20.8 Å².